The van der Waals surface area contributed by atoms with Crippen molar-refractivity contribution in [2.75, 3.05) is 4.90 Å². The van der Waals surface area contributed by atoms with E-state index in [0.29, 0.717) is 5.46 Å². The van der Waals surface area contributed by atoms with E-state index in [1.165, 1.54) is 5.56 Å². The van der Waals surface area contributed by atoms with Crippen LogP contribution in [0.4, 0.5) is 17.1 Å². The molecule has 112 valence electrons. The van der Waals surface area contributed by atoms with Crippen molar-refractivity contribution in [2.45, 2.75) is 6.92 Å². The zero-order valence-corrected chi connectivity index (χ0v) is 12.8. The first kappa shape index (κ1) is 14.1. The second-order valence-corrected chi connectivity index (χ2v) is 5.80. The smallest absolute Gasteiger partial charge is 0.423 e. The van der Waals surface area contributed by atoms with Crippen LogP contribution in [0.3, 0.4) is 0 Å². The van der Waals surface area contributed by atoms with Crippen molar-refractivity contribution in [1.29, 1.82) is 0 Å². The summed E-state index contributed by atoms with van der Waals surface area (Å²) in [5.74, 6) is 0. The van der Waals surface area contributed by atoms with Crippen LogP contribution in [0.2, 0.25) is 0 Å². The molecule has 0 amide bonds. The summed E-state index contributed by atoms with van der Waals surface area (Å²) in [6, 6.07) is 22.0. The highest BCUT2D eigenvalue weighted by molar-refractivity contribution is 6.59. The van der Waals surface area contributed by atoms with E-state index in [-0.39, 0.29) is 0 Å². The van der Waals surface area contributed by atoms with Gasteiger partial charge in [0, 0.05) is 11.3 Å². The van der Waals surface area contributed by atoms with Gasteiger partial charge in [-0.15, -0.1) is 0 Å². The Morgan fingerprint density at radius 1 is 0.826 bits per heavy atom. The van der Waals surface area contributed by atoms with E-state index in [2.05, 4.69) is 36.1 Å². The number of anilines is 3. The quantitative estimate of drug-likeness (QED) is 0.451. The second-order valence-electron chi connectivity index (χ2n) is 5.80. The lowest BCUT2D eigenvalue weighted by atomic mass is 9.79. The van der Waals surface area contributed by atoms with Gasteiger partial charge in [-0.3, -0.25) is 0 Å². The molecule has 1 aliphatic heterocycles. The van der Waals surface area contributed by atoms with Crippen molar-refractivity contribution in [3.8, 4) is 11.1 Å². The maximum absolute atomic E-state index is 9.61. The highest BCUT2D eigenvalue weighted by Gasteiger charge is 2.36. The van der Waals surface area contributed by atoms with E-state index in [4.69, 9.17) is 0 Å². The Balaban J connectivity index is 1.89. The molecule has 3 aromatic carbocycles. The van der Waals surface area contributed by atoms with Gasteiger partial charge in [-0.25, -0.2) is 0 Å². The van der Waals surface area contributed by atoms with Crippen LogP contribution >= 0.6 is 0 Å². The highest BCUT2D eigenvalue weighted by atomic mass is 16.4. The third-order valence-corrected chi connectivity index (χ3v) is 4.27. The summed E-state index contributed by atoms with van der Waals surface area (Å²) in [7, 11) is -1.47. The van der Waals surface area contributed by atoms with Gasteiger partial charge in [0.05, 0.1) is 11.4 Å². The first-order valence-corrected chi connectivity index (χ1v) is 7.62. The number of fused-ring (bicyclic) bond motifs is 1. The Morgan fingerprint density at radius 3 is 2.22 bits per heavy atom. The molecule has 0 unspecified atom stereocenters. The fraction of sp³-hybridized carbons (Fsp3) is 0.0526. The van der Waals surface area contributed by atoms with Crippen molar-refractivity contribution in [3.63, 3.8) is 0 Å². The number of hydrogen-bond donors (Lipinski definition) is 2. The molecule has 0 fully saturated rings. The van der Waals surface area contributed by atoms with Gasteiger partial charge in [-0.1, -0.05) is 48.5 Å². The number of benzene rings is 3. The molecule has 3 aromatic rings. The Bertz CT molecular complexity index is 878. The Labute approximate surface area is 135 Å². The van der Waals surface area contributed by atoms with Gasteiger partial charge < -0.3 is 14.9 Å². The fourth-order valence-electron chi connectivity index (χ4n) is 3.08. The summed E-state index contributed by atoms with van der Waals surface area (Å²) in [5, 5.41) is 19.2. The maximum atomic E-state index is 9.61. The van der Waals surface area contributed by atoms with Gasteiger partial charge >= 0.3 is 7.12 Å². The van der Waals surface area contributed by atoms with Gasteiger partial charge in [0.2, 0.25) is 0 Å². The van der Waals surface area contributed by atoms with Crippen LogP contribution in [0.25, 0.3) is 11.1 Å². The summed E-state index contributed by atoms with van der Waals surface area (Å²) in [4.78, 5) is 2.15. The SMILES string of the molecule is Cc1ccccc1-c1cc(B(O)O)cc2c1N2c1ccccc1. The van der Waals surface area contributed by atoms with Crippen molar-refractivity contribution >= 4 is 29.6 Å². The van der Waals surface area contributed by atoms with E-state index in [9.17, 15) is 10.0 Å². The molecule has 0 saturated heterocycles. The van der Waals surface area contributed by atoms with Crippen molar-refractivity contribution in [1.82, 2.24) is 0 Å². The average Bonchev–Trinajstić information content (AvgIpc) is 3.29. The van der Waals surface area contributed by atoms with Crippen LogP contribution in [-0.4, -0.2) is 17.2 Å². The average molecular weight is 301 g/mol. The summed E-state index contributed by atoms with van der Waals surface area (Å²) in [5.41, 5.74) is 7.08. The van der Waals surface area contributed by atoms with Gasteiger partial charge in [0.1, 0.15) is 0 Å². The molecule has 3 nitrogen and oxygen atoms in total. The molecule has 0 spiro atoms. The number of rotatable bonds is 3. The molecular weight excluding hydrogens is 285 g/mol. The molecule has 0 atom stereocenters. The first-order chi connectivity index (χ1) is 11.2. The molecule has 0 saturated carbocycles. The summed E-state index contributed by atoms with van der Waals surface area (Å²) < 4.78 is 0. The molecule has 2 N–H and O–H groups in total. The zero-order valence-electron chi connectivity index (χ0n) is 12.8. The third kappa shape index (κ3) is 2.33. The molecule has 0 radical (unpaired) electrons. The van der Waals surface area contributed by atoms with Crippen LogP contribution in [0.15, 0.2) is 66.7 Å². The summed E-state index contributed by atoms with van der Waals surface area (Å²) in [6.07, 6.45) is 0. The lowest BCUT2D eigenvalue weighted by molar-refractivity contribution is 0.426. The van der Waals surface area contributed by atoms with Gasteiger partial charge in [-0.05, 0) is 41.7 Å². The summed E-state index contributed by atoms with van der Waals surface area (Å²) >= 11 is 0. The molecule has 23 heavy (non-hydrogen) atoms. The minimum Gasteiger partial charge on any atom is -0.423 e. The standard InChI is InChI=1S/C19H16BNO2/c1-13-7-5-6-10-16(13)17-11-14(20(22)23)12-18-19(17)21(18)15-8-3-2-4-9-15/h2-12,22-23H,1H3. The Morgan fingerprint density at radius 2 is 1.52 bits per heavy atom. The van der Waals surface area contributed by atoms with E-state index in [1.54, 1.807) is 0 Å². The van der Waals surface area contributed by atoms with Crippen LogP contribution in [-0.2, 0) is 0 Å². The van der Waals surface area contributed by atoms with Crippen molar-refractivity contribution in [3.05, 3.63) is 72.3 Å². The normalized spacial score (nSPS) is 12.0. The van der Waals surface area contributed by atoms with Gasteiger partial charge in [0.15, 0.2) is 0 Å². The molecule has 4 heteroatoms. The Kier molecular flexibility index (Phi) is 3.22. The second kappa shape index (κ2) is 5.27. The molecule has 0 bridgehead atoms. The molecule has 0 aliphatic carbocycles. The van der Waals surface area contributed by atoms with E-state index in [0.717, 1.165) is 28.2 Å². The molecule has 1 aliphatic rings. The van der Waals surface area contributed by atoms with E-state index < -0.39 is 7.12 Å². The van der Waals surface area contributed by atoms with Crippen LogP contribution in [0.1, 0.15) is 5.56 Å². The molecule has 4 rings (SSSR count). The first-order valence-electron chi connectivity index (χ1n) is 7.62. The minimum atomic E-state index is -1.47. The summed E-state index contributed by atoms with van der Waals surface area (Å²) in [6.45, 7) is 2.07. The molecular formula is C19H16BNO2. The predicted molar refractivity (Wildman–Crippen MR) is 94.7 cm³/mol. The third-order valence-electron chi connectivity index (χ3n) is 4.27. The number of aryl methyl sites for hydroxylation is 1. The molecule has 0 aromatic heterocycles. The van der Waals surface area contributed by atoms with Crippen LogP contribution in [0, 0.1) is 6.92 Å². The predicted octanol–water partition coefficient (Wildman–Crippen LogP) is 3.13. The van der Waals surface area contributed by atoms with Crippen molar-refractivity contribution < 1.29 is 10.0 Å². The minimum absolute atomic E-state index is 0.514. The maximum Gasteiger partial charge on any atom is 0.488 e. The Hall–Kier alpha value is -2.56. The zero-order chi connectivity index (χ0) is 16.0. The topological polar surface area (TPSA) is 43.5 Å². The lowest BCUT2D eigenvalue weighted by Gasteiger charge is -2.08. The van der Waals surface area contributed by atoms with E-state index >= 15 is 0 Å². The van der Waals surface area contributed by atoms with Crippen LogP contribution < -0.4 is 10.4 Å². The van der Waals surface area contributed by atoms with E-state index in [1.807, 2.05) is 42.5 Å². The highest BCUT2D eigenvalue weighted by Crippen LogP contribution is 2.58. The number of para-hydroxylation sites is 1. The van der Waals surface area contributed by atoms with Crippen LogP contribution in [0.5, 0.6) is 0 Å². The van der Waals surface area contributed by atoms with Gasteiger partial charge in [-0.2, -0.15) is 0 Å². The van der Waals surface area contributed by atoms with Crippen molar-refractivity contribution in [2.24, 2.45) is 0 Å². The monoisotopic (exact) mass is 301 g/mol. The lowest BCUT2D eigenvalue weighted by Crippen LogP contribution is -2.29. The van der Waals surface area contributed by atoms with Gasteiger partial charge in [0.25, 0.3) is 0 Å². The number of hydrogen-bond acceptors (Lipinski definition) is 3. The number of nitrogens with zero attached hydrogens (tertiary/aromatic N) is 1. The fourth-order valence-corrected chi connectivity index (χ4v) is 3.08. The largest absolute Gasteiger partial charge is 0.488 e. The molecule has 1 heterocycles.